The number of nitrogens with two attached hydrogens (primary N) is 1. The number of amides is 1. The van der Waals surface area contributed by atoms with Crippen molar-refractivity contribution in [1.82, 2.24) is 0 Å². The van der Waals surface area contributed by atoms with E-state index in [-0.39, 0.29) is 0 Å². The number of nitrogens with zero attached hydrogens (tertiary/aromatic N) is 1. The Morgan fingerprint density at radius 2 is 1.81 bits per heavy atom. The van der Waals surface area contributed by atoms with Crippen LogP contribution < -0.4 is 20.1 Å². The smallest absolute Gasteiger partial charge is 0.411 e. The van der Waals surface area contributed by atoms with Crippen LogP contribution in [0.3, 0.4) is 0 Å². The largest absolute Gasteiger partial charge is 0.497 e. The van der Waals surface area contributed by atoms with Crippen molar-refractivity contribution in [3.8, 4) is 17.2 Å². The molecule has 0 bridgehead atoms. The highest BCUT2D eigenvalue weighted by Gasteiger charge is 2.13. The zero-order valence-corrected chi connectivity index (χ0v) is 11.7. The van der Waals surface area contributed by atoms with E-state index in [9.17, 15) is 4.79 Å². The fourth-order valence-corrected chi connectivity index (χ4v) is 1.78. The molecule has 0 saturated heterocycles. The first kappa shape index (κ1) is 14.5. The lowest BCUT2D eigenvalue weighted by molar-refractivity contribution is 0.203. The predicted octanol–water partition coefficient (Wildman–Crippen LogP) is 3.18. The molecule has 0 unspecified atom stereocenters. The lowest BCUT2D eigenvalue weighted by Gasteiger charge is -2.17. The third kappa shape index (κ3) is 3.36. The summed E-state index contributed by atoms with van der Waals surface area (Å²) in [4.78, 5) is 12.1. The molecule has 3 N–H and O–H groups in total. The summed E-state index contributed by atoms with van der Waals surface area (Å²) in [6, 6.07) is 12.0. The van der Waals surface area contributed by atoms with Crippen molar-refractivity contribution in [2.75, 3.05) is 24.8 Å². The van der Waals surface area contributed by atoms with Gasteiger partial charge in [0, 0.05) is 19.2 Å². The molecule has 2 aromatic carbocycles. The maximum absolute atomic E-state index is 11.0. The molecule has 0 aliphatic carbocycles. The fourth-order valence-electron chi connectivity index (χ4n) is 1.78. The van der Waals surface area contributed by atoms with Gasteiger partial charge in [0.15, 0.2) is 0 Å². The highest BCUT2D eigenvalue weighted by Crippen LogP contribution is 2.31. The van der Waals surface area contributed by atoms with Gasteiger partial charge in [0.2, 0.25) is 0 Å². The quantitative estimate of drug-likeness (QED) is 0.844. The number of hydrogen-bond donors (Lipinski definition) is 2. The van der Waals surface area contributed by atoms with Crippen LogP contribution in [0, 0.1) is 0 Å². The Balaban J connectivity index is 2.28. The summed E-state index contributed by atoms with van der Waals surface area (Å²) in [5.41, 5.74) is 6.51. The van der Waals surface area contributed by atoms with Crippen molar-refractivity contribution >= 4 is 17.5 Å². The Labute approximate surface area is 122 Å². The number of ether oxygens (including phenoxy) is 2. The van der Waals surface area contributed by atoms with Gasteiger partial charge in [-0.25, -0.2) is 4.79 Å². The summed E-state index contributed by atoms with van der Waals surface area (Å²) < 4.78 is 10.8. The number of carboxylic acid groups (broad SMARTS) is 1. The zero-order chi connectivity index (χ0) is 15.4. The normalized spacial score (nSPS) is 10.0. The molecule has 110 valence electrons. The first-order valence-corrected chi connectivity index (χ1v) is 6.19. The predicted molar refractivity (Wildman–Crippen MR) is 80.4 cm³/mol. The van der Waals surface area contributed by atoms with Crippen molar-refractivity contribution in [2.24, 2.45) is 0 Å². The number of methoxy groups -OCH3 is 1. The lowest BCUT2D eigenvalue weighted by Crippen LogP contribution is -2.24. The van der Waals surface area contributed by atoms with Gasteiger partial charge >= 0.3 is 6.09 Å². The third-order valence-corrected chi connectivity index (χ3v) is 2.93. The van der Waals surface area contributed by atoms with Gasteiger partial charge in [-0.1, -0.05) is 6.07 Å². The molecule has 0 spiro atoms. The van der Waals surface area contributed by atoms with Crippen LogP contribution >= 0.6 is 0 Å². The summed E-state index contributed by atoms with van der Waals surface area (Å²) in [6.07, 6.45) is -1.10. The molecular formula is C15H16N2O4. The molecule has 6 nitrogen and oxygen atoms in total. The molecule has 0 aliphatic heterocycles. The van der Waals surface area contributed by atoms with Gasteiger partial charge in [-0.3, -0.25) is 4.90 Å². The molecule has 0 heterocycles. The average molecular weight is 288 g/mol. The van der Waals surface area contributed by atoms with E-state index in [1.165, 1.54) is 7.05 Å². The van der Waals surface area contributed by atoms with E-state index >= 15 is 0 Å². The van der Waals surface area contributed by atoms with Crippen molar-refractivity contribution in [2.45, 2.75) is 0 Å². The second-order valence-electron chi connectivity index (χ2n) is 4.34. The molecule has 21 heavy (non-hydrogen) atoms. The molecule has 0 aromatic heterocycles. The summed E-state index contributed by atoms with van der Waals surface area (Å²) >= 11 is 0. The van der Waals surface area contributed by atoms with Crippen LogP contribution in [-0.2, 0) is 0 Å². The van der Waals surface area contributed by atoms with Crippen LogP contribution in [0.2, 0.25) is 0 Å². The average Bonchev–Trinajstić information content (AvgIpc) is 2.48. The standard InChI is InChI=1S/C15H16N2O4/c1-17(15(18)19)14-9-12(6-7-13(14)16)21-11-5-3-4-10(8-11)20-2/h3-9H,16H2,1-2H3,(H,18,19). The van der Waals surface area contributed by atoms with E-state index in [1.807, 2.05) is 0 Å². The Hall–Kier alpha value is -2.89. The van der Waals surface area contributed by atoms with Crippen molar-refractivity contribution in [3.05, 3.63) is 42.5 Å². The van der Waals surface area contributed by atoms with Crippen LogP contribution in [0.1, 0.15) is 0 Å². The van der Waals surface area contributed by atoms with Gasteiger partial charge in [0.25, 0.3) is 0 Å². The molecule has 1 amide bonds. The first-order chi connectivity index (χ1) is 10.0. The second-order valence-corrected chi connectivity index (χ2v) is 4.34. The molecule has 2 aromatic rings. The summed E-state index contributed by atoms with van der Waals surface area (Å²) in [5.74, 6) is 1.74. The van der Waals surface area contributed by atoms with Gasteiger partial charge in [0.1, 0.15) is 17.2 Å². The van der Waals surface area contributed by atoms with Gasteiger partial charge in [-0.05, 0) is 24.3 Å². The van der Waals surface area contributed by atoms with Crippen molar-refractivity contribution < 1.29 is 19.4 Å². The molecular weight excluding hydrogens is 272 g/mol. The topological polar surface area (TPSA) is 85.0 Å². The van der Waals surface area contributed by atoms with Crippen molar-refractivity contribution in [3.63, 3.8) is 0 Å². The van der Waals surface area contributed by atoms with Crippen LogP contribution in [0.4, 0.5) is 16.2 Å². The minimum Gasteiger partial charge on any atom is -0.497 e. The summed E-state index contributed by atoms with van der Waals surface area (Å²) in [5, 5.41) is 9.02. The van der Waals surface area contributed by atoms with Gasteiger partial charge in [-0.15, -0.1) is 0 Å². The molecule has 0 fully saturated rings. The van der Waals surface area contributed by atoms with E-state index < -0.39 is 6.09 Å². The SMILES string of the molecule is COc1cccc(Oc2ccc(N)c(N(C)C(=O)O)c2)c1. The number of nitrogen functional groups attached to an aromatic ring is 1. The minimum atomic E-state index is -1.10. The second kappa shape index (κ2) is 6.04. The first-order valence-electron chi connectivity index (χ1n) is 6.19. The number of benzene rings is 2. The highest BCUT2D eigenvalue weighted by molar-refractivity contribution is 5.90. The minimum absolute atomic E-state index is 0.359. The number of hydrogen-bond acceptors (Lipinski definition) is 4. The molecule has 0 radical (unpaired) electrons. The van der Waals surface area contributed by atoms with Gasteiger partial charge in [-0.2, -0.15) is 0 Å². The van der Waals surface area contributed by atoms with E-state index in [0.717, 1.165) is 4.90 Å². The molecule has 0 aliphatic rings. The van der Waals surface area contributed by atoms with E-state index in [1.54, 1.807) is 49.6 Å². The van der Waals surface area contributed by atoms with Crippen LogP contribution in [-0.4, -0.2) is 25.4 Å². The number of anilines is 2. The third-order valence-electron chi connectivity index (χ3n) is 2.93. The van der Waals surface area contributed by atoms with E-state index in [2.05, 4.69) is 0 Å². The summed E-state index contributed by atoms with van der Waals surface area (Å²) in [7, 11) is 2.99. The molecule has 6 heteroatoms. The Morgan fingerprint density at radius 3 is 2.48 bits per heavy atom. The lowest BCUT2D eigenvalue weighted by atomic mass is 10.2. The van der Waals surface area contributed by atoms with Crippen molar-refractivity contribution in [1.29, 1.82) is 0 Å². The Bertz CT molecular complexity index is 658. The Kier molecular flexibility index (Phi) is 4.18. The van der Waals surface area contributed by atoms with Gasteiger partial charge in [0.05, 0.1) is 18.5 Å². The molecule has 2 rings (SSSR count). The maximum Gasteiger partial charge on any atom is 0.411 e. The summed E-state index contributed by atoms with van der Waals surface area (Å²) in [6.45, 7) is 0. The van der Waals surface area contributed by atoms with Crippen LogP contribution in [0.25, 0.3) is 0 Å². The Morgan fingerprint density at radius 1 is 1.14 bits per heavy atom. The van der Waals surface area contributed by atoms with Gasteiger partial charge < -0.3 is 20.3 Å². The highest BCUT2D eigenvalue weighted by atomic mass is 16.5. The zero-order valence-electron chi connectivity index (χ0n) is 11.7. The fraction of sp³-hybridized carbons (Fsp3) is 0.133. The maximum atomic E-state index is 11.0. The van der Waals surface area contributed by atoms with Crippen LogP contribution in [0.5, 0.6) is 17.2 Å². The molecule has 0 atom stereocenters. The monoisotopic (exact) mass is 288 g/mol. The van der Waals surface area contributed by atoms with E-state index in [4.69, 9.17) is 20.3 Å². The van der Waals surface area contributed by atoms with Crippen LogP contribution in [0.15, 0.2) is 42.5 Å². The van der Waals surface area contributed by atoms with E-state index in [0.29, 0.717) is 28.6 Å². The molecule has 0 saturated carbocycles. The number of rotatable bonds is 4. The number of carbonyl (C=O) groups is 1.